The molecule has 0 bridgehead atoms. The molecule has 196 valence electrons. The molecule has 1 heterocycles. The zero-order valence-electron chi connectivity index (χ0n) is 19.6. The fourth-order valence-corrected chi connectivity index (χ4v) is 4.08. The predicted molar refractivity (Wildman–Crippen MR) is 143 cm³/mol. The summed E-state index contributed by atoms with van der Waals surface area (Å²) < 4.78 is 57.4. The number of carbonyl (C=O) groups excluding carboxylic acids is 1. The molecule has 39 heavy (non-hydrogen) atoms. The van der Waals surface area contributed by atoms with Crippen LogP contribution >= 0.6 is 23.2 Å². The molecule has 0 amide bonds. The van der Waals surface area contributed by atoms with Crippen molar-refractivity contribution in [1.29, 1.82) is 0 Å². The number of rotatable bonds is 5. The van der Waals surface area contributed by atoms with Gasteiger partial charge in [-0.2, -0.15) is 13.2 Å². The molecule has 0 saturated heterocycles. The van der Waals surface area contributed by atoms with Crippen molar-refractivity contribution in [2.75, 3.05) is 0 Å². The monoisotopic (exact) mass is 570 g/mol. The van der Waals surface area contributed by atoms with Crippen molar-refractivity contribution in [2.45, 2.75) is 6.18 Å². The van der Waals surface area contributed by atoms with Crippen molar-refractivity contribution in [3.05, 3.63) is 117 Å². The Balaban J connectivity index is 1.46. The van der Waals surface area contributed by atoms with E-state index in [0.717, 1.165) is 17.5 Å². The Hall–Kier alpha value is -4.27. The quantitative estimate of drug-likeness (QED) is 0.120. The van der Waals surface area contributed by atoms with Gasteiger partial charge < -0.3 is 13.9 Å². The summed E-state index contributed by atoms with van der Waals surface area (Å²) >= 11 is 11.8. The van der Waals surface area contributed by atoms with Crippen molar-refractivity contribution >= 4 is 57.0 Å². The summed E-state index contributed by atoms with van der Waals surface area (Å²) in [7, 11) is 0. The number of hydrogen-bond donors (Lipinski definition) is 0. The van der Waals surface area contributed by atoms with Gasteiger partial charge in [-0.25, -0.2) is 4.79 Å². The van der Waals surface area contributed by atoms with Crippen LogP contribution < -0.4 is 14.9 Å². The van der Waals surface area contributed by atoms with E-state index in [2.05, 4.69) is 0 Å². The van der Waals surface area contributed by atoms with Crippen LogP contribution in [0.15, 0.2) is 94.2 Å². The highest BCUT2D eigenvalue weighted by atomic mass is 35.5. The minimum Gasteiger partial charge on any atom is -0.449 e. The van der Waals surface area contributed by atoms with Gasteiger partial charge in [-0.3, -0.25) is 4.79 Å². The van der Waals surface area contributed by atoms with Crippen LogP contribution in [-0.2, 0) is 11.0 Å². The molecule has 5 nitrogen and oxygen atoms in total. The number of esters is 1. The maximum atomic E-state index is 13.9. The number of halogens is 5. The van der Waals surface area contributed by atoms with E-state index in [0.29, 0.717) is 21.0 Å². The molecule has 0 aliphatic carbocycles. The average molecular weight is 571 g/mol. The van der Waals surface area contributed by atoms with Gasteiger partial charge in [0.25, 0.3) is 5.76 Å². The SMILES string of the molecule is O=C(C=Cc1ccc(Cl)c(Cl)c1)Oc1ccc2c(=O)c(Oc3ccc4ccccc4c3)c(C(F)(F)F)oc2c1. The summed E-state index contributed by atoms with van der Waals surface area (Å²) in [6, 6.07) is 20.0. The molecule has 0 aliphatic rings. The molecule has 1 aromatic heterocycles. The van der Waals surface area contributed by atoms with Crippen molar-refractivity contribution in [3.63, 3.8) is 0 Å². The van der Waals surface area contributed by atoms with Gasteiger partial charge in [0.15, 0.2) is 0 Å². The van der Waals surface area contributed by atoms with Gasteiger partial charge in [0, 0.05) is 12.1 Å². The van der Waals surface area contributed by atoms with E-state index < -0.39 is 34.7 Å². The largest absolute Gasteiger partial charge is 0.453 e. The summed E-state index contributed by atoms with van der Waals surface area (Å²) in [6.07, 6.45) is -2.53. The third kappa shape index (κ3) is 5.77. The molecule has 5 rings (SSSR count). The molecular formula is C29H15Cl2F3O5. The molecular weight excluding hydrogens is 556 g/mol. The summed E-state index contributed by atoms with van der Waals surface area (Å²) in [6.45, 7) is 0. The Morgan fingerprint density at radius 1 is 0.846 bits per heavy atom. The molecule has 0 saturated carbocycles. The Morgan fingerprint density at radius 2 is 1.59 bits per heavy atom. The van der Waals surface area contributed by atoms with Crippen LogP contribution in [-0.4, -0.2) is 5.97 Å². The van der Waals surface area contributed by atoms with Crippen molar-refractivity contribution in [2.24, 2.45) is 0 Å². The van der Waals surface area contributed by atoms with Crippen molar-refractivity contribution in [1.82, 2.24) is 0 Å². The fraction of sp³-hybridized carbons (Fsp3) is 0.0345. The Labute approximate surface area is 228 Å². The third-order valence-electron chi connectivity index (χ3n) is 5.59. The van der Waals surface area contributed by atoms with Crippen molar-refractivity contribution in [3.8, 4) is 17.2 Å². The van der Waals surface area contributed by atoms with Crippen LogP contribution in [0.2, 0.25) is 10.0 Å². The first-order valence-corrected chi connectivity index (χ1v) is 12.0. The lowest BCUT2D eigenvalue weighted by molar-refractivity contribution is -0.154. The molecule has 0 fully saturated rings. The fourth-order valence-electron chi connectivity index (χ4n) is 3.78. The van der Waals surface area contributed by atoms with Gasteiger partial charge in [0.2, 0.25) is 11.2 Å². The van der Waals surface area contributed by atoms with E-state index in [-0.39, 0.29) is 16.9 Å². The lowest BCUT2D eigenvalue weighted by Gasteiger charge is -2.14. The van der Waals surface area contributed by atoms with E-state index in [1.165, 1.54) is 36.4 Å². The lowest BCUT2D eigenvalue weighted by atomic mass is 10.1. The number of carbonyl (C=O) groups is 1. The standard InChI is InChI=1S/C29H15Cl2F3O5/c30-22-11-5-16(13-23(22)31)6-12-25(35)37-20-9-10-21-24(15-20)39-28(29(32,33)34)27(26(21)36)38-19-8-7-17-3-1-2-4-18(17)14-19/h1-15H. The predicted octanol–water partition coefficient (Wildman–Crippen LogP) is 8.68. The molecule has 10 heteroatoms. The average Bonchev–Trinajstić information content (AvgIpc) is 2.90. The molecule has 0 unspecified atom stereocenters. The molecule has 0 spiro atoms. The Bertz CT molecular complexity index is 1830. The van der Waals surface area contributed by atoms with Crippen molar-refractivity contribution < 1.29 is 31.9 Å². The first-order valence-electron chi connectivity index (χ1n) is 11.3. The lowest BCUT2D eigenvalue weighted by Crippen LogP contribution is -2.15. The van der Waals surface area contributed by atoms with Crippen LogP contribution in [0.3, 0.4) is 0 Å². The second kappa shape index (κ2) is 10.5. The van der Waals surface area contributed by atoms with E-state index in [4.69, 9.17) is 37.1 Å². The third-order valence-corrected chi connectivity index (χ3v) is 6.33. The minimum atomic E-state index is -5.05. The summed E-state index contributed by atoms with van der Waals surface area (Å²) in [5.74, 6) is -3.54. The molecule has 0 atom stereocenters. The first kappa shape index (κ1) is 26.3. The van der Waals surface area contributed by atoms with Crippen LogP contribution in [0.25, 0.3) is 27.8 Å². The highest BCUT2D eigenvalue weighted by Gasteiger charge is 2.40. The minimum absolute atomic E-state index is 0.0326. The van der Waals surface area contributed by atoms with Gasteiger partial charge in [-0.1, -0.05) is 59.6 Å². The smallest absolute Gasteiger partial charge is 0.449 e. The van der Waals surface area contributed by atoms with Gasteiger partial charge in [-0.15, -0.1) is 0 Å². The Morgan fingerprint density at radius 3 is 2.33 bits per heavy atom. The van der Waals surface area contributed by atoms with Gasteiger partial charge in [0.05, 0.1) is 15.4 Å². The van der Waals surface area contributed by atoms with E-state index in [1.54, 1.807) is 30.3 Å². The topological polar surface area (TPSA) is 65.7 Å². The van der Waals surface area contributed by atoms with E-state index in [1.807, 2.05) is 12.1 Å². The summed E-state index contributed by atoms with van der Waals surface area (Å²) in [4.78, 5) is 25.3. The molecule has 0 radical (unpaired) electrons. The van der Waals surface area contributed by atoms with Gasteiger partial charge >= 0.3 is 12.1 Å². The molecule has 5 aromatic rings. The van der Waals surface area contributed by atoms with E-state index in [9.17, 15) is 22.8 Å². The van der Waals surface area contributed by atoms with Crippen LogP contribution in [0.1, 0.15) is 11.3 Å². The van der Waals surface area contributed by atoms with Crippen LogP contribution in [0, 0.1) is 0 Å². The zero-order valence-corrected chi connectivity index (χ0v) is 21.1. The Kier molecular flexibility index (Phi) is 7.08. The highest BCUT2D eigenvalue weighted by Crippen LogP contribution is 2.39. The number of fused-ring (bicyclic) bond motifs is 2. The normalized spacial score (nSPS) is 11.8. The molecule has 4 aromatic carbocycles. The zero-order chi connectivity index (χ0) is 27.7. The first-order chi connectivity index (χ1) is 18.6. The number of ether oxygens (including phenoxy) is 2. The maximum Gasteiger partial charge on any atom is 0.453 e. The number of hydrogen-bond acceptors (Lipinski definition) is 5. The van der Waals surface area contributed by atoms with Gasteiger partial charge in [0.1, 0.15) is 17.1 Å². The maximum absolute atomic E-state index is 13.9. The van der Waals surface area contributed by atoms with E-state index >= 15 is 0 Å². The van der Waals surface area contributed by atoms with Crippen LogP contribution in [0.5, 0.6) is 17.2 Å². The summed E-state index contributed by atoms with van der Waals surface area (Å²) in [5, 5.41) is 2.01. The second-order valence-electron chi connectivity index (χ2n) is 8.28. The molecule has 0 aliphatic heterocycles. The number of benzene rings is 4. The molecule has 0 N–H and O–H groups in total. The highest BCUT2D eigenvalue weighted by molar-refractivity contribution is 6.42. The number of alkyl halides is 3. The second-order valence-corrected chi connectivity index (χ2v) is 9.10. The van der Waals surface area contributed by atoms with Gasteiger partial charge in [-0.05, 0) is 58.8 Å². The van der Waals surface area contributed by atoms with Crippen LogP contribution in [0.4, 0.5) is 13.2 Å². The summed E-state index contributed by atoms with van der Waals surface area (Å²) in [5.41, 5.74) is -0.898.